The summed E-state index contributed by atoms with van der Waals surface area (Å²) in [6.45, 7) is 0.465. The Morgan fingerprint density at radius 1 is 0.760 bits per heavy atom. The van der Waals surface area contributed by atoms with Gasteiger partial charge in [0.15, 0.2) is 12.2 Å². The molecule has 0 aliphatic rings. The number of aliphatic hydroxyl groups is 5. The molecule has 0 saturated heterocycles. The lowest BCUT2D eigenvalue weighted by Crippen LogP contribution is -2.49. The average Bonchev–Trinajstić information content (AvgIpc) is 2.41. The Morgan fingerprint density at radius 2 is 1.08 bits per heavy atom. The minimum Gasteiger partial charge on any atom is -0.481 e. The number of aliphatic hydroxyl groups excluding tert-OH is 5. The minimum absolute atomic E-state index is 0.171. The van der Waals surface area contributed by atoms with Gasteiger partial charge in [0.2, 0.25) is 0 Å². The molecular formula is C13H26NO11+. The van der Waals surface area contributed by atoms with Crippen LogP contribution in [-0.4, -0.2) is 121 Å². The molecule has 12 heteroatoms. The molecule has 0 radical (unpaired) electrons. The summed E-state index contributed by atoms with van der Waals surface area (Å²) in [7, 11) is 5.72. The summed E-state index contributed by atoms with van der Waals surface area (Å²) in [4.78, 5) is 30.3. The number of carbonyl (C=O) groups is 3. The Balaban J connectivity index is 0. The van der Waals surface area contributed by atoms with Crippen molar-refractivity contribution >= 4 is 17.9 Å². The molecule has 0 spiro atoms. The molecule has 0 amide bonds. The first-order valence-corrected chi connectivity index (χ1v) is 6.98. The molecule has 8 N–H and O–H groups in total. The maximum absolute atomic E-state index is 10.1. The maximum atomic E-state index is 10.1. The van der Waals surface area contributed by atoms with E-state index < -0.39 is 48.4 Å². The van der Waals surface area contributed by atoms with E-state index in [0.717, 1.165) is 0 Å². The van der Waals surface area contributed by atoms with Gasteiger partial charge in [0, 0.05) is 0 Å². The van der Waals surface area contributed by atoms with E-state index >= 15 is 0 Å². The SMILES string of the molecule is C[N+](C)(C)C[C@H](O)CC(=O)O.O=C(O)C(O)C(O)C(O)C(O)C(=O)O. The van der Waals surface area contributed by atoms with E-state index in [0.29, 0.717) is 11.0 Å². The third kappa shape index (κ3) is 12.2. The van der Waals surface area contributed by atoms with Crippen LogP contribution in [0.2, 0.25) is 0 Å². The Hall–Kier alpha value is -1.83. The third-order valence-corrected chi connectivity index (χ3v) is 2.67. The lowest BCUT2D eigenvalue weighted by atomic mass is 10.0. The molecule has 148 valence electrons. The van der Waals surface area contributed by atoms with Crippen molar-refractivity contribution in [1.29, 1.82) is 0 Å². The molecule has 0 rings (SSSR count). The highest BCUT2D eigenvalue weighted by Crippen LogP contribution is 2.05. The fourth-order valence-corrected chi connectivity index (χ4v) is 1.56. The number of rotatable bonds is 9. The number of hydrogen-bond donors (Lipinski definition) is 8. The van der Waals surface area contributed by atoms with Gasteiger partial charge in [-0.25, -0.2) is 9.59 Å². The van der Waals surface area contributed by atoms with Crippen LogP contribution in [0.15, 0.2) is 0 Å². The smallest absolute Gasteiger partial charge is 0.335 e. The molecule has 0 aromatic rings. The van der Waals surface area contributed by atoms with E-state index in [9.17, 15) is 14.4 Å². The van der Waals surface area contributed by atoms with Crippen LogP contribution in [-0.2, 0) is 14.4 Å². The molecular weight excluding hydrogens is 346 g/mol. The van der Waals surface area contributed by atoms with Crippen molar-refractivity contribution in [3.8, 4) is 0 Å². The molecule has 12 nitrogen and oxygen atoms in total. The van der Waals surface area contributed by atoms with Gasteiger partial charge in [0.1, 0.15) is 24.9 Å². The fourth-order valence-electron chi connectivity index (χ4n) is 1.56. The largest absolute Gasteiger partial charge is 0.481 e. The van der Waals surface area contributed by atoms with E-state index in [1.807, 2.05) is 21.1 Å². The summed E-state index contributed by atoms with van der Waals surface area (Å²) in [6, 6.07) is 0. The quantitative estimate of drug-likeness (QED) is 0.183. The summed E-state index contributed by atoms with van der Waals surface area (Å²) >= 11 is 0. The number of nitrogens with zero attached hydrogens (tertiary/aromatic N) is 1. The molecule has 5 atom stereocenters. The normalized spacial score (nSPS) is 17.3. The van der Waals surface area contributed by atoms with Gasteiger partial charge in [0.05, 0.1) is 27.6 Å². The zero-order valence-corrected chi connectivity index (χ0v) is 14.1. The number of aliphatic carboxylic acids is 3. The predicted octanol–water partition coefficient (Wildman–Crippen LogP) is -3.87. The molecule has 0 aliphatic carbocycles. The van der Waals surface area contributed by atoms with Gasteiger partial charge in [-0.1, -0.05) is 0 Å². The molecule has 0 saturated carbocycles. The zero-order valence-electron chi connectivity index (χ0n) is 14.1. The van der Waals surface area contributed by atoms with Crippen LogP contribution in [0, 0.1) is 0 Å². The number of likely N-dealkylation sites (N-methyl/N-ethyl adjacent to an activating group) is 1. The van der Waals surface area contributed by atoms with Gasteiger partial charge in [-0.2, -0.15) is 0 Å². The molecule has 0 aliphatic heterocycles. The van der Waals surface area contributed by atoms with Gasteiger partial charge < -0.3 is 45.3 Å². The van der Waals surface area contributed by atoms with E-state index in [1.54, 1.807) is 0 Å². The van der Waals surface area contributed by atoms with Crippen LogP contribution in [0.4, 0.5) is 0 Å². The summed E-state index contributed by atoms with van der Waals surface area (Å²) in [5, 5.41) is 68.9. The second-order valence-corrected chi connectivity index (χ2v) is 6.27. The van der Waals surface area contributed by atoms with Crippen molar-refractivity contribution < 1.29 is 59.7 Å². The van der Waals surface area contributed by atoms with E-state index in [2.05, 4.69) is 0 Å². The Morgan fingerprint density at radius 3 is 1.28 bits per heavy atom. The lowest BCUT2D eigenvalue weighted by Gasteiger charge is -2.25. The standard InChI is InChI=1S/C7H15NO3.C6H10O8/c1-8(2,3)5-6(9)4-7(10)11;7-1(3(9)5(11)12)2(8)4(10)6(13)14/h6,9H,4-5H2,1-3H3;1-4,7-10H,(H,11,12)(H,13,14)/p+1/t6-;/m1./s1. The Kier molecular flexibility index (Phi) is 11.1. The number of carboxylic acids is 3. The lowest BCUT2D eigenvalue weighted by molar-refractivity contribution is -0.873. The first kappa shape index (κ1) is 25.4. The molecule has 25 heavy (non-hydrogen) atoms. The van der Waals surface area contributed by atoms with Crippen LogP contribution in [0.5, 0.6) is 0 Å². The Labute approximate surface area is 143 Å². The second-order valence-electron chi connectivity index (χ2n) is 6.27. The molecule has 0 bridgehead atoms. The van der Waals surface area contributed by atoms with Gasteiger partial charge in [-0.05, 0) is 0 Å². The topological polar surface area (TPSA) is 213 Å². The van der Waals surface area contributed by atoms with Crippen LogP contribution < -0.4 is 0 Å². The van der Waals surface area contributed by atoms with Crippen molar-refractivity contribution in [2.24, 2.45) is 0 Å². The third-order valence-electron chi connectivity index (χ3n) is 2.67. The maximum Gasteiger partial charge on any atom is 0.335 e. The summed E-state index contributed by atoms with van der Waals surface area (Å²) in [6.07, 6.45) is -10.2. The highest BCUT2D eigenvalue weighted by Gasteiger charge is 2.37. The number of quaternary nitrogens is 1. The van der Waals surface area contributed by atoms with E-state index in [1.165, 1.54) is 0 Å². The second kappa shape index (κ2) is 10.9. The van der Waals surface area contributed by atoms with Crippen LogP contribution >= 0.6 is 0 Å². The van der Waals surface area contributed by atoms with Crippen molar-refractivity contribution in [2.45, 2.75) is 36.9 Å². The van der Waals surface area contributed by atoms with Crippen molar-refractivity contribution in [3.63, 3.8) is 0 Å². The molecule has 0 aromatic heterocycles. The van der Waals surface area contributed by atoms with Crippen LogP contribution in [0.1, 0.15) is 6.42 Å². The summed E-state index contributed by atoms with van der Waals surface area (Å²) in [5.41, 5.74) is 0. The van der Waals surface area contributed by atoms with Gasteiger partial charge >= 0.3 is 17.9 Å². The molecule has 4 unspecified atom stereocenters. The number of carboxylic acid groups (broad SMARTS) is 3. The molecule has 0 fully saturated rings. The van der Waals surface area contributed by atoms with Crippen LogP contribution in [0.3, 0.4) is 0 Å². The summed E-state index contributed by atoms with van der Waals surface area (Å²) in [5.74, 6) is -4.63. The van der Waals surface area contributed by atoms with Crippen molar-refractivity contribution in [1.82, 2.24) is 0 Å². The first-order chi connectivity index (χ1) is 11.1. The molecule has 0 heterocycles. The van der Waals surface area contributed by atoms with Gasteiger partial charge in [-0.3, -0.25) is 4.79 Å². The predicted molar refractivity (Wildman–Crippen MR) is 80.5 cm³/mol. The zero-order chi connectivity index (χ0) is 20.5. The van der Waals surface area contributed by atoms with Gasteiger partial charge in [0.25, 0.3) is 0 Å². The molecule has 0 aromatic carbocycles. The monoisotopic (exact) mass is 372 g/mol. The van der Waals surface area contributed by atoms with Crippen molar-refractivity contribution in [2.75, 3.05) is 27.7 Å². The number of hydrogen-bond acceptors (Lipinski definition) is 8. The van der Waals surface area contributed by atoms with E-state index in [4.69, 9.17) is 40.9 Å². The van der Waals surface area contributed by atoms with Crippen molar-refractivity contribution in [3.05, 3.63) is 0 Å². The fraction of sp³-hybridized carbons (Fsp3) is 0.769. The van der Waals surface area contributed by atoms with Crippen LogP contribution in [0.25, 0.3) is 0 Å². The first-order valence-electron chi connectivity index (χ1n) is 6.98. The highest BCUT2D eigenvalue weighted by molar-refractivity contribution is 5.75. The van der Waals surface area contributed by atoms with Gasteiger partial charge in [-0.15, -0.1) is 0 Å². The minimum atomic E-state index is -2.36. The average molecular weight is 372 g/mol. The Bertz CT molecular complexity index is 424. The summed E-state index contributed by atoms with van der Waals surface area (Å²) < 4.78 is 0.578. The van der Waals surface area contributed by atoms with E-state index in [-0.39, 0.29) is 6.42 Å². The highest BCUT2D eigenvalue weighted by atomic mass is 16.4.